The van der Waals surface area contributed by atoms with Crippen molar-refractivity contribution < 1.29 is 5.48 Å². The van der Waals surface area contributed by atoms with Gasteiger partial charge in [-0.2, -0.15) is 0 Å². The molecule has 0 heterocycles. The van der Waals surface area contributed by atoms with Gasteiger partial charge in [-0.3, -0.25) is 0 Å². The molecule has 20 heavy (non-hydrogen) atoms. The molecule has 1 rings (SSSR count). The van der Waals surface area contributed by atoms with Gasteiger partial charge in [-0.25, -0.2) is 0 Å². The third-order valence-corrected chi connectivity index (χ3v) is 3.66. The predicted molar refractivity (Wildman–Crippen MR) is 89.2 cm³/mol. The molecule has 0 fully saturated rings. The van der Waals surface area contributed by atoms with Crippen LogP contribution in [0.3, 0.4) is 0 Å². The van der Waals surface area contributed by atoms with Gasteiger partial charge in [-0.15, -0.1) is 0 Å². The van der Waals surface area contributed by atoms with E-state index in [9.17, 15) is 0 Å². The molecule has 2 nitrogen and oxygen atoms in total. The summed E-state index contributed by atoms with van der Waals surface area (Å²) in [5, 5.41) is 0. The van der Waals surface area contributed by atoms with E-state index in [1.54, 1.807) is 0 Å². The number of rotatable bonds is 11. The SMILES string of the molecule is CN(C)CCCCCCCCCCc1ccccc1.O. The average molecular weight is 279 g/mol. The summed E-state index contributed by atoms with van der Waals surface area (Å²) >= 11 is 0. The standard InChI is InChI=1S/C18H31N.H2O/c1-19(2)17-13-8-6-4-3-5-7-10-14-18-15-11-9-12-16-18;/h9,11-12,15-16H,3-8,10,13-14,17H2,1-2H3;1H2. The first-order valence-corrected chi connectivity index (χ1v) is 7.97. The molecule has 2 heteroatoms. The summed E-state index contributed by atoms with van der Waals surface area (Å²) in [4.78, 5) is 2.28. The highest BCUT2D eigenvalue weighted by Gasteiger charge is 1.95. The number of hydrogen-bond acceptors (Lipinski definition) is 1. The maximum Gasteiger partial charge on any atom is -0.00248 e. The highest BCUT2D eigenvalue weighted by molar-refractivity contribution is 5.14. The van der Waals surface area contributed by atoms with E-state index in [4.69, 9.17) is 0 Å². The highest BCUT2D eigenvalue weighted by Crippen LogP contribution is 2.11. The second-order valence-electron chi connectivity index (χ2n) is 5.87. The summed E-state index contributed by atoms with van der Waals surface area (Å²) in [7, 11) is 4.32. The van der Waals surface area contributed by atoms with Gasteiger partial charge in [0.15, 0.2) is 0 Å². The smallest absolute Gasteiger partial charge is 0.00248 e. The second-order valence-corrected chi connectivity index (χ2v) is 5.87. The molecule has 0 bridgehead atoms. The fraction of sp³-hybridized carbons (Fsp3) is 0.667. The number of nitrogens with zero attached hydrogens (tertiary/aromatic N) is 1. The molecule has 0 aliphatic heterocycles. The third-order valence-electron chi connectivity index (χ3n) is 3.66. The summed E-state index contributed by atoms with van der Waals surface area (Å²) in [6.45, 7) is 1.25. The Morgan fingerprint density at radius 1 is 0.700 bits per heavy atom. The van der Waals surface area contributed by atoms with Gasteiger partial charge in [0.1, 0.15) is 0 Å². The quantitative estimate of drug-likeness (QED) is 0.562. The van der Waals surface area contributed by atoms with Crippen LogP contribution in [-0.4, -0.2) is 31.0 Å². The Bertz CT molecular complexity index is 298. The van der Waals surface area contributed by atoms with E-state index < -0.39 is 0 Å². The Kier molecular flexibility index (Phi) is 12.6. The fourth-order valence-corrected chi connectivity index (χ4v) is 2.46. The topological polar surface area (TPSA) is 34.7 Å². The lowest BCUT2D eigenvalue weighted by molar-refractivity contribution is 0.389. The summed E-state index contributed by atoms with van der Waals surface area (Å²) in [6.07, 6.45) is 12.5. The van der Waals surface area contributed by atoms with Crippen LogP contribution < -0.4 is 0 Å². The molecule has 0 atom stereocenters. The van der Waals surface area contributed by atoms with Crippen molar-refractivity contribution in [2.75, 3.05) is 20.6 Å². The largest absolute Gasteiger partial charge is 0.412 e. The summed E-state index contributed by atoms with van der Waals surface area (Å²) in [6, 6.07) is 10.9. The molecule has 1 aromatic carbocycles. The molecule has 116 valence electrons. The average Bonchev–Trinajstić information content (AvgIpc) is 2.42. The maximum atomic E-state index is 2.28. The molecule has 0 aliphatic carbocycles. The number of hydrogen-bond donors (Lipinski definition) is 0. The van der Waals surface area contributed by atoms with Crippen molar-refractivity contribution in [3.8, 4) is 0 Å². The van der Waals surface area contributed by atoms with E-state index >= 15 is 0 Å². The molecule has 0 unspecified atom stereocenters. The van der Waals surface area contributed by atoms with Crippen LogP contribution in [0.25, 0.3) is 0 Å². The number of unbranched alkanes of at least 4 members (excludes halogenated alkanes) is 7. The van der Waals surface area contributed by atoms with Crippen LogP contribution in [0.1, 0.15) is 56.9 Å². The molecule has 0 radical (unpaired) electrons. The summed E-state index contributed by atoms with van der Waals surface area (Å²) in [5.41, 5.74) is 1.49. The van der Waals surface area contributed by atoms with Crippen molar-refractivity contribution in [2.45, 2.75) is 57.8 Å². The van der Waals surface area contributed by atoms with Gasteiger partial charge in [-0.1, -0.05) is 68.9 Å². The Balaban J connectivity index is 0.00000361. The molecule has 0 aliphatic rings. The number of aryl methyl sites for hydroxylation is 1. The van der Waals surface area contributed by atoms with Crippen LogP contribution in [-0.2, 0) is 6.42 Å². The van der Waals surface area contributed by atoms with Crippen molar-refractivity contribution >= 4 is 0 Å². The fourth-order valence-electron chi connectivity index (χ4n) is 2.46. The Hall–Kier alpha value is -0.860. The normalized spacial score (nSPS) is 10.6. The zero-order chi connectivity index (χ0) is 13.8. The van der Waals surface area contributed by atoms with E-state index in [-0.39, 0.29) is 5.48 Å². The molecule has 0 saturated carbocycles. The minimum absolute atomic E-state index is 0. The van der Waals surface area contributed by atoms with Crippen LogP contribution in [0, 0.1) is 0 Å². The minimum Gasteiger partial charge on any atom is -0.412 e. The number of benzene rings is 1. The maximum absolute atomic E-state index is 2.28. The van der Waals surface area contributed by atoms with Crippen LogP contribution in [0.4, 0.5) is 0 Å². The Labute approximate surface area is 125 Å². The first-order valence-electron chi connectivity index (χ1n) is 7.97. The zero-order valence-corrected chi connectivity index (χ0v) is 13.4. The van der Waals surface area contributed by atoms with Gasteiger partial charge < -0.3 is 10.4 Å². The summed E-state index contributed by atoms with van der Waals surface area (Å²) in [5.74, 6) is 0. The highest BCUT2D eigenvalue weighted by atomic mass is 16.0. The molecule has 0 spiro atoms. The van der Waals surface area contributed by atoms with E-state index in [0.717, 1.165) is 0 Å². The third kappa shape index (κ3) is 11.0. The van der Waals surface area contributed by atoms with E-state index in [2.05, 4.69) is 49.3 Å². The monoisotopic (exact) mass is 279 g/mol. The van der Waals surface area contributed by atoms with Crippen molar-refractivity contribution in [3.63, 3.8) is 0 Å². The summed E-state index contributed by atoms with van der Waals surface area (Å²) < 4.78 is 0. The Morgan fingerprint density at radius 2 is 1.20 bits per heavy atom. The van der Waals surface area contributed by atoms with Gasteiger partial charge in [0, 0.05) is 0 Å². The Morgan fingerprint density at radius 3 is 1.75 bits per heavy atom. The van der Waals surface area contributed by atoms with Gasteiger partial charge >= 0.3 is 0 Å². The zero-order valence-electron chi connectivity index (χ0n) is 13.4. The molecule has 0 amide bonds. The van der Waals surface area contributed by atoms with Crippen LogP contribution >= 0.6 is 0 Å². The van der Waals surface area contributed by atoms with Crippen LogP contribution in [0.2, 0.25) is 0 Å². The predicted octanol–water partition coefficient (Wildman–Crippen LogP) is 4.09. The van der Waals surface area contributed by atoms with Crippen LogP contribution in [0.5, 0.6) is 0 Å². The first-order chi connectivity index (χ1) is 9.29. The lowest BCUT2D eigenvalue weighted by Crippen LogP contribution is -2.12. The van der Waals surface area contributed by atoms with E-state index in [1.165, 1.54) is 69.9 Å². The van der Waals surface area contributed by atoms with Crippen molar-refractivity contribution in [3.05, 3.63) is 35.9 Å². The minimum atomic E-state index is 0. The van der Waals surface area contributed by atoms with E-state index in [1.807, 2.05) is 0 Å². The first kappa shape index (κ1) is 19.1. The van der Waals surface area contributed by atoms with Crippen LogP contribution in [0.15, 0.2) is 30.3 Å². The molecule has 1 aromatic rings. The molecule has 0 saturated heterocycles. The molecular weight excluding hydrogens is 246 g/mol. The van der Waals surface area contributed by atoms with Crippen molar-refractivity contribution in [1.29, 1.82) is 0 Å². The van der Waals surface area contributed by atoms with Gasteiger partial charge in [-0.05, 0) is 45.5 Å². The molecule has 0 aromatic heterocycles. The van der Waals surface area contributed by atoms with Crippen molar-refractivity contribution in [1.82, 2.24) is 4.90 Å². The second kappa shape index (κ2) is 13.1. The molecular formula is C18H33NO. The van der Waals surface area contributed by atoms with Gasteiger partial charge in [0.05, 0.1) is 0 Å². The lowest BCUT2D eigenvalue weighted by atomic mass is 10.0. The molecule has 2 N–H and O–H groups in total. The lowest BCUT2D eigenvalue weighted by Gasteiger charge is -2.08. The van der Waals surface area contributed by atoms with E-state index in [0.29, 0.717) is 0 Å². The van der Waals surface area contributed by atoms with Crippen molar-refractivity contribution in [2.24, 2.45) is 0 Å². The van der Waals surface area contributed by atoms with Gasteiger partial charge in [0.2, 0.25) is 0 Å². The van der Waals surface area contributed by atoms with Gasteiger partial charge in [0.25, 0.3) is 0 Å².